The van der Waals surface area contributed by atoms with Gasteiger partial charge in [0.1, 0.15) is 11.3 Å². The molecule has 1 N–H and O–H groups in total. The minimum Gasteiger partial charge on any atom is -0.511 e. The molecule has 0 bridgehead atoms. The lowest BCUT2D eigenvalue weighted by atomic mass is 9.55. The first-order chi connectivity index (χ1) is 10.4. The number of carbonyl (C=O) groups is 2. The molecule has 0 aromatic rings. The van der Waals surface area contributed by atoms with Gasteiger partial charge in [-0.25, -0.2) is 4.79 Å². The maximum Gasteiger partial charge on any atom is 0.346 e. The SMILES string of the molecule is CC1OC(=O)/C(=C(\O)[C@]2(C)[C@H](C)C=C[C@@H]3CCCC[C@H]32)C1=O. The van der Waals surface area contributed by atoms with Crippen LogP contribution < -0.4 is 0 Å². The van der Waals surface area contributed by atoms with Crippen LogP contribution in [0.1, 0.15) is 46.5 Å². The highest BCUT2D eigenvalue weighted by molar-refractivity contribution is 6.23. The van der Waals surface area contributed by atoms with Crippen molar-refractivity contribution in [2.24, 2.45) is 23.2 Å². The van der Waals surface area contributed by atoms with Crippen molar-refractivity contribution < 1.29 is 19.4 Å². The Bertz CT molecular complexity index is 574. The number of esters is 1. The summed E-state index contributed by atoms with van der Waals surface area (Å²) in [5.74, 6) is -0.354. The van der Waals surface area contributed by atoms with Crippen molar-refractivity contribution in [3.8, 4) is 0 Å². The van der Waals surface area contributed by atoms with Crippen LogP contribution in [0.3, 0.4) is 0 Å². The molecule has 1 heterocycles. The fraction of sp³-hybridized carbons (Fsp3) is 0.667. The fourth-order valence-electron chi connectivity index (χ4n) is 4.43. The van der Waals surface area contributed by atoms with Crippen molar-refractivity contribution >= 4 is 11.8 Å². The molecule has 22 heavy (non-hydrogen) atoms. The van der Waals surface area contributed by atoms with Crippen molar-refractivity contribution in [1.82, 2.24) is 0 Å². The van der Waals surface area contributed by atoms with Crippen LogP contribution >= 0.6 is 0 Å². The maximum absolute atomic E-state index is 12.2. The second-order valence-electron chi connectivity index (χ2n) is 7.15. The molecule has 3 aliphatic rings. The van der Waals surface area contributed by atoms with Gasteiger partial charge in [0.05, 0.1) is 0 Å². The fourth-order valence-corrected chi connectivity index (χ4v) is 4.43. The van der Waals surface area contributed by atoms with Crippen LogP contribution in [0.2, 0.25) is 0 Å². The van der Waals surface area contributed by atoms with Gasteiger partial charge in [-0.05, 0) is 37.5 Å². The Kier molecular flexibility index (Phi) is 3.66. The third-order valence-electron chi connectivity index (χ3n) is 6.03. The number of ether oxygens (including phenoxy) is 1. The van der Waals surface area contributed by atoms with E-state index in [1.165, 1.54) is 6.42 Å². The van der Waals surface area contributed by atoms with E-state index in [4.69, 9.17) is 4.74 Å². The summed E-state index contributed by atoms with van der Waals surface area (Å²) in [5, 5.41) is 10.9. The van der Waals surface area contributed by atoms with Crippen LogP contribution in [-0.2, 0) is 14.3 Å². The summed E-state index contributed by atoms with van der Waals surface area (Å²) in [6, 6.07) is 0. The van der Waals surface area contributed by atoms with Crippen LogP contribution in [0, 0.1) is 23.2 Å². The Balaban J connectivity index is 2.09. The van der Waals surface area contributed by atoms with Crippen LogP contribution in [0.15, 0.2) is 23.5 Å². The van der Waals surface area contributed by atoms with Gasteiger partial charge >= 0.3 is 5.97 Å². The molecule has 1 unspecified atom stereocenters. The molecule has 0 aromatic carbocycles. The van der Waals surface area contributed by atoms with Crippen LogP contribution in [0.5, 0.6) is 0 Å². The average molecular weight is 304 g/mol. The van der Waals surface area contributed by atoms with Crippen molar-refractivity contribution in [1.29, 1.82) is 0 Å². The van der Waals surface area contributed by atoms with Crippen LogP contribution in [0.25, 0.3) is 0 Å². The number of hydrogen-bond donors (Lipinski definition) is 1. The summed E-state index contributed by atoms with van der Waals surface area (Å²) < 4.78 is 4.99. The van der Waals surface area contributed by atoms with Crippen molar-refractivity contribution in [3.63, 3.8) is 0 Å². The topological polar surface area (TPSA) is 63.6 Å². The van der Waals surface area contributed by atoms with E-state index in [1.807, 2.05) is 13.8 Å². The minimum absolute atomic E-state index is 0.0550. The van der Waals surface area contributed by atoms with Crippen molar-refractivity contribution in [2.75, 3.05) is 0 Å². The second kappa shape index (κ2) is 5.25. The molecule has 1 saturated carbocycles. The molecule has 0 amide bonds. The largest absolute Gasteiger partial charge is 0.511 e. The van der Waals surface area contributed by atoms with E-state index in [1.54, 1.807) is 6.92 Å². The molecule has 4 nitrogen and oxygen atoms in total. The number of aliphatic hydroxyl groups is 1. The van der Waals surface area contributed by atoms with E-state index in [0.717, 1.165) is 19.3 Å². The number of allylic oxidation sites excluding steroid dienone is 3. The van der Waals surface area contributed by atoms with E-state index >= 15 is 0 Å². The second-order valence-corrected chi connectivity index (χ2v) is 7.15. The third-order valence-corrected chi connectivity index (χ3v) is 6.03. The Hall–Kier alpha value is -1.58. The lowest BCUT2D eigenvalue weighted by Gasteiger charge is -2.49. The van der Waals surface area contributed by atoms with Gasteiger partial charge < -0.3 is 9.84 Å². The van der Waals surface area contributed by atoms with Gasteiger partial charge in [-0.2, -0.15) is 0 Å². The van der Waals surface area contributed by atoms with Gasteiger partial charge in [0, 0.05) is 5.41 Å². The molecule has 0 aromatic heterocycles. The van der Waals surface area contributed by atoms with Gasteiger partial charge in [-0.1, -0.05) is 38.8 Å². The number of rotatable bonds is 1. The molecule has 0 spiro atoms. The summed E-state index contributed by atoms with van der Waals surface area (Å²) in [6.45, 7) is 5.60. The zero-order chi connectivity index (χ0) is 16.1. The van der Waals surface area contributed by atoms with E-state index in [-0.39, 0.29) is 23.2 Å². The van der Waals surface area contributed by atoms with Gasteiger partial charge in [-0.15, -0.1) is 0 Å². The molecule has 3 rings (SSSR count). The Labute approximate surface area is 131 Å². The number of ketones is 1. The van der Waals surface area contributed by atoms with Gasteiger partial charge in [-0.3, -0.25) is 4.79 Å². The number of fused-ring (bicyclic) bond motifs is 1. The normalized spacial score (nSPS) is 43.8. The Morgan fingerprint density at radius 2 is 1.91 bits per heavy atom. The van der Waals surface area contributed by atoms with E-state index in [9.17, 15) is 14.7 Å². The molecular formula is C18H24O4. The lowest BCUT2D eigenvalue weighted by Crippen LogP contribution is -2.44. The van der Waals surface area contributed by atoms with Crippen LogP contribution in [-0.4, -0.2) is 23.0 Å². The summed E-state index contributed by atoms with van der Waals surface area (Å²) in [4.78, 5) is 24.2. The average Bonchev–Trinajstić information content (AvgIpc) is 2.75. The minimum atomic E-state index is -0.787. The number of cyclic esters (lactones) is 1. The molecule has 1 aliphatic heterocycles. The molecule has 5 atom stereocenters. The predicted octanol–water partition coefficient (Wildman–Crippen LogP) is 3.33. The number of Topliss-reactive ketones (excluding diaryl/α,β-unsaturated/α-hetero) is 1. The van der Waals surface area contributed by atoms with Gasteiger partial charge in [0.2, 0.25) is 5.78 Å². The first kappa shape index (κ1) is 15.3. The number of hydrogen-bond acceptors (Lipinski definition) is 4. The van der Waals surface area contributed by atoms with Crippen molar-refractivity contribution in [2.45, 2.75) is 52.6 Å². The standard InChI is InChI=1S/C18H24O4/c1-10-8-9-12-6-4-5-7-13(12)18(10,3)16(20)14-15(19)11(2)22-17(14)21/h8-13,20H,4-7H2,1-3H3/b16-14-/t10-,11?,12+,13-,18-/m1/s1. The lowest BCUT2D eigenvalue weighted by molar-refractivity contribution is -0.140. The summed E-state index contributed by atoms with van der Waals surface area (Å²) >= 11 is 0. The van der Waals surface area contributed by atoms with Gasteiger partial charge in [0.25, 0.3) is 0 Å². The highest BCUT2D eigenvalue weighted by atomic mass is 16.6. The van der Waals surface area contributed by atoms with E-state index in [2.05, 4.69) is 12.2 Å². The molecule has 2 aliphatic carbocycles. The summed E-state index contributed by atoms with van der Waals surface area (Å²) in [6.07, 6.45) is 8.06. The monoisotopic (exact) mass is 304 g/mol. The molecule has 120 valence electrons. The van der Waals surface area contributed by atoms with E-state index in [0.29, 0.717) is 5.92 Å². The smallest absolute Gasteiger partial charge is 0.346 e. The number of aliphatic hydroxyl groups excluding tert-OH is 1. The Morgan fingerprint density at radius 3 is 2.55 bits per heavy atom. The number of carbonyl (C=O) groups excluding carboxylic acids is 2. The van der Waals surface area contributed by atoms with Crippen LogP contribution in [0.4, 0.5) is 0 Å². The Morgan fingerprint density at radius 1 is 1.23 bits per heavy atom. The molecule has 0 radical (unpaired) electrons. The zero-order valence-electron chi connectivity index (χ0n) is 13.5. The first-order valence-electron chi connectivity index (χ1n) is 8.24. The molecular weight excluding hydrogens is 280 g/mol. The zero-order valence-corrected chi connectivity index (χ0v) is 13.5. The quantitative estimate of drug-likeness (QED) is 0.265. The summed E-state index contributed by atoms with van der Waals surface area (Å²) in [7, 11) is 0. The third kappa shape index (κ3) is 2.03. The van der Waals surface area contributed by atoms with Gasteiger partial charge in [0.15, 0.2) is 6.10 Å². The molecule has 2 fully saturated rings. The van der Waals surface area contributed by atoms with E-state index < -0.39 is 23.3 Å². The molecule has 4 heteroatoms. The highest BCUT2D eigenvalue weighted by Gasteiger charge is 2.51. The first-order valence-corrected chi connectivity index (χ1v) is 8.24. The highest BCUT2D eigenvalue weighted by Crippen LogP contribution is 2.54. The maximum atomic E-state index is 12.2. The molecule has 1 saturated heterocycles. The predicted molar refractivity (Wildman–Crippen MR) is 82.1 cm³/mol. The van der Waals surface area contributed by atoms with Crippen molar-refractivity contribution in [3.05, 3.63) is 23.5 Å². The summed E-state index contributed by atoms with van der Waals surface area (Å²) in [5.41, 5.74) is -0.699.